The molecule has 3 saturated heterocycles. The number of hydrogen-bond acceptors (Lipinski definition) is 5. The third kappa shape index (κ3) is 4.08. The zero-order chi connectivity index (χ0) is 18.0. The van der Waals surface area contributed by atoms with Gasteiger partial charge in [-0.05, 0) is 51.0 Å². The molecule has 0 aromatic heterocycles. The van der Waals surface area contributed by atoms with Crippen molar-refractivity contribution in [2.45, 2.75) is 82.3 Å². The molecule has 6 nitrogen and oxygen atoms in total. The van der Waals surface area contributed by atoms with Gasteiger partial charge in [0.15, 0.2) is 5.79 Å². The summed E-state index contributed by atoms with van der Waals surface area (Å²) < 4.78 is 17.7. The number of rotatable bonds is 4. The van der Waals surface area contributed by atoms with Gasteiger partial charge in [-0.3, -0.25) is 9.69 Å². The number of nitrogens with one attached hydrogen (secondary N) is 1. The predicted molar refractivity (Wildman–Crippen MR) is 97.8 cm³/mol. The van der Waals surface area contributed by atoms with Gasteiger partial charge in [-0.2, -0.15) is 0 Å². The van der Waals surface area contributed by atoms with Crippen LogP contribution >= 0.6 is 0 Å². The van der Waals surface area contributed by atoms with E-state index in [2.05, 4.69) is 17.1 Å². The van der Waals surface area contributed by atoms with Gasteiger partial charge in [-0.1, -0.05) is 6.92 Å². The van der Waals surface area contributed by atoms with E-state index in [1.54, 1.807) is 0 Å². The van der Waals surface area contributed by atoms with Crippen molar-refractivity contribution < 1.29 is 19.0 Å². The molecule has 0 aromatic rings. The van der Waals surface area contributed by atoms with Crippen molar-refractivity contribution in [3.05, 3.63) is 0 Å². The lowest BCUT2D eigenvalue weighted by atomic mass is 9.86. The van der Waals surface area contributed by atoms with E-state index in [4.69, 9.17) is 14.2 Å². The Labute approximate surface area is 156 Å². The van der Waals surface area contributed by atoms with E-state index in [0.29, 0.717) is 19.2 Å². The highest BCUT2D eigenvalue weighted by Gasteiger charge is 2.44. The van der Waals surface area contributed by atoms with Gasteiger partial charge in [0.1, 0.15) is 6.10 Å². The Balaban J connectivity index is 1.25. The van der Waals surface area contributed by atoms with Crippen LogP contribution in [0, 0.1) is 5.92 Å². The minimum Gasteiger partial charge on any atom is -0.381 e. The van der Waals surface area contributed by atoms with Crippen molar-refractivity contribution in [2.75, 3.05) is 32.9 Å². The first-order chi connectivity index (χ1) is 12.7. The fourth-order valence-corrected chi connectivity index (χ4v) is 5.04. The molecule has 4 aliphatic rings. The minimum atomic E-state index is -0.372. The first kappa shape index (κ1) is 18.7. The number of likely N-dealkylation sites (tertiary alicyclic amines) is 1. The molecular formula is C20H34N2O4. The van der Waals surface area contributed by atoms with Gasteiger partial charge in [0, 0.05) is 38.6 Å². The molecule has 1 aliphatic carbocycles. The van der Waals surface area contributed by atoms with Crippen LogP contribution in [0.5, 0.6) is 0 Å². The smallest absolute Gasteiger partial charge is 0.237 e. The molecule has 1 amide bonds. The topological polar surface area (TPSA) is 60.0 Å². The number of carbonyl (C=O) groups is 1. The number of nitrogens with zero attached hydrogens (tertiary/aromatic N) is 1. The Kier molecular flexibility index (Phi) is 5.84. The maximum absolute atomic E-state index is 12.8. The zero-order valence-corrected chi connectivity index (χ0v) is 16.1. The number of carbonyl (C=O) groups excluding carboxylic acids is 1. The third-order valence-electron chi connectivity index (χ3n) is 6.71. The van der Waals surface area contributed by atoms with Crippen LogP contribution in [0.25, 0.3) is 0 Å². The highest BCUT2D eigenvalue weighted by molar-refractivity contribution is 5.82. The van der Waals surface area contributed by atoms with Crippen LogP contribution in [-0.2, 0) is 19.0 Å². The Bertz CT molecular complexity index is 486. The SMILES string of the molecule is CC1CCC2(CC1)OC[C@@H](CNC(=O)[C@H]1CCCN1C1CCOCC1)O2. The van der Waals surface area contributed by atoms with Gasteiger partial charge < -0.3 is 19.5 Å². The first-order valence-electron chi connectivity index (χ1n) is 10.6. The van der Waals surface area contributed by atoms with E-state index in [1.807, 2.05) is 0 Å². The maximum Gasteiger partial charge on any atom is 0.237 e. The second-order valence-electron chi connectivity index (χ2n) is 8.63. The molecule has 26 heavy (non-hydrogen) atoms. The molecule has 4 fully saturated rings. The molecular weight excluding hydrogens is 332 g/mol. The normalized spacial score (nSPS) is 39.5. The lowest BCUT2D eigenvalue weighted by Gasteiger charge is -2.35. The van der Waals surface area contributed by atoms with Crippen LogP contribution in [0.4, 0.5) is 0 Å². The molecule has 1 saturated carbocycles. The second-order valence-corrected chi connectivity index (χ2v) is 8.63. The van der Waals surface area contributed by atoms with Crippen molar-refractivity contribution >= 4 is 5.91 Å². The molecule has 0 aromatic carbocycles. The van der Waals surface area contributed by atoms with E-state index in [-0.39, 0.29) is 23.8 Å². The van der Waals surface area contributed by atoms with Gasteiger partial charge in [0.25, 0.3) is 0 Å². The van der Waals surface area contributed by atoms with Crippen LogP contribution in [0.3, 0.4) is 0 Å². The lowest BCUT2D eigenvalue weighted by Crippen LogP contribution is -2.50. The average molecular weight is 367 g/mol. The van der Waals surface area contributed by atoms with E-state index in [0.717, 1.165) is 64.2 Å². The van der Waals surface area contributed by atoms with E-state index >= 15 is 0 Å². The molecule has 0 bridgehead atoms. The number of ether oxygens (including phenoxy) is 3. The molecule has 1 N–H and O–H groups in total. The first-order valence-corrected chi connectivity index (χ1v) is 10.6. The standard InChI is InChI=1S/C20H34N2O4/c1-15-4-8-20(9-5-15)25-14-17(26-20)13-21-19(23)18-3-2-10-22(18)16-6-11-24-12-7-16/h15-18H,2-14H2,1H3,(H,21,23)/t15?,17-,18-,20?/m1/s1. The Morgan fingerprint density at radius 3 is 2.69 bits per heavy atom. The van der Waals surface area contributed by atoms with Gasteiger partial charge in [-0.25, -0.2) is 0 Å². The van der Waals surface area contributed by atoms with Crippen molar-refractivity contribution in [2.24, 2.45) is 5.92 Å². The second kappa shape index (κ2) is 8.13. The van der Waals surface area contributed by atoms with E-state index in [9.17, 15) is 4.79 Å². The Morgan fingerprint density at radius 2 is 1.92 bits per heavy atom. The third-order valence-corrected chi connectivity index (χ3v) is 6.71. The summed E-state index contributed by atoms with van der Waals surface area (Å²) in [6, 6.07) is 0.519. The minimum absolute atomic E-state index is 0.00899. The molecule has 1 spiro atoms. The van der Waals surface area contributed by atoms with Crippen molar-refractivity contribution in [3.63, 3.8) is 0 Å². The molecule has 3 aliphatic heterocycles. The van der Waals surface area contributed by atoms with Crippen molar-refractivity contribution in [1.29, 1.82) is 0 Å². The van der Waals surface area contributed by atoms with E-state index < -0.39 is 0 Å². The summed E-state index contributed by atoms with van der Waals surface area (Å²) in [5.74, 6) is 0.560. The largest absolute Gasteiger partial charge is 0.381 e. The number of hydrogen-bond donors (Lipinski definition) is 1. The number of amides is 1. The fourth-order valence-electron chi connectivity index (χ4n) is 5.04. The molecule has 6 heteroatoms. The van der Waals surface area contributed by atoms with E-state index in [1.165, 1.54) is 12.8 Å². The highest BCUT2D eigenvalue weighted by atomic mass is 16.7. The van der Waals surface area contributed by atoms with Crippen molar-refractivity contribution in [1.82, 2.24) is 10.2 Å². The summed E-state index contributed by atoms with van der Waals surface area (Å²) in [4.78, 5) is 15.2. The summed E-state index contributed by atoms with van der Waals surface area (Å²) >= 11 is 0. The summed E-state index contributed by atoms with van der Waals surface area (Å²) in [5.41, 5.74) is 0. The predicted octanol–water partition coefficient (Wildman–Crippen LogP) is 2.07. The molecule has 4 rings (SSSR count). The average Bonchev–Trinajstić information content (AvgIpc) is 3.31. The fraction of sp³-hybridized carbons (Fsp3) is 0.950. The molecule has 148 valence electrons. The molecule has 0 radical (unpaired) electrons. The van der Waals surface area contributed by atoms with Crippen LogP contribution in [-0.4, -0.2) is 67.7 Å². The summed E-state index contributed by atoms with van der Waals surface area (Å²) in [5, 5.41) is 3.15. The highest BCUT2D eigenvalue weighted by Crippen LogP contribution is 2.39. The Hall–Kier alpha value is -0.690. The van der Waals surface area contributed by atoms with Crippen LogP contribution < -0.4 is 5.32 Å². The zero-order valence-electron chi connectivity index (χ0n) is 16.1. The monoisotopic (exact) mass is 366 g/mol. The quantitative estimate of drug-likeness (QED) is 0.825. The Morgan fingerprint density at radius 1 is 1.15 bits per heavy atom. The summed E-state index contributed by atoms with van der Waals surface area (Å²) in [6.45, 7) is 6.14. The van der Waals surface area contributed by atoms with Crippen LogP contribution in [0.2, 0.25) is 0 Å². The summed E-state index contributed by atoms with van der Waals surface area (Å²) in [6.07, 6.45) is 8.46. The van der Waals surface area contributed by atoms with Crippen LogP contribution in [0.1, 0.15) is 58.3 Å². The van der Waals surface area contributed by atoms with Crippen molar-refractivity contribution in [3.8, 4) is 0 Å². The van der Waals surface area contributed by atoms with Gasteiger partial charge in [-0.15, -0.1) is 0 Å². The lowest BCUT2D eigenvalue weighted by molar-refractivity contribution is -0.191. The van der Waals surface area contributed by atoms with Gasteiger partial charge in [0.2, 0.25) is 5.91 Å². The molecule has 0 unspecified atom stereocenters. The molecule has 3 heterocycles. The van der Waals surface area contributed by atoms with Gasteiger partial charge >= 0.3 is 0 Å². The van der Waals surface area contributed by atoms with Crippen LogP contribution in [0.15, 0.2) is 0 Å². The summed E-state index contributed by atoms with van der Waals surface area (Å²) in [7, 11) is 0. The van der Waals surface area contributed by atoms with Gasteiger partial charge in [0.05, 0.1) is 12.6 Å². The molecule has 2 atom stereocenters. The maximum atomic E-state index is 12.8.